The first-order valence-electron chi connectivity index (χ1n) is 10.2. The third kappa shape index (κ3) is 5.03. The summed E-state index contributed by atoms with van der Waals surface area (Å²) in [6.07, 6.45) is -2.66. The first-order chi connectivity index (χ1) is 15.7. The maximum atomic E-state index is 13.9. The topological polar surface area (TPSA) is 56.1 Å². The molecule has 1 aromatic heterocycles. The van der Waals surface area contributed by atoms with Crippen molar-refractivity contribution in [3.05, 3.63) is 81.6 Å². The molecule has 5 nitrogen and oxygen atoms in total. The molecule has 1 amide bonds. The van der Waals surface area contributed by atoms with Crippen LogP contribution in [0.5, 0.6) is 0 Å². The van der Waals surface area contributed by atoms with Crippen LogP contribution in [0, 0.1) is 0 Å². The minimum Gasteiger partial charge on any atom is -0.381 e. The molecule has 2 heterocycles. The van der Waals surface area contributed by atoms with Crippen LogP contribution in [0.4, 0.5) is 13.2 Å². The highest BCUT2D eigenvalue weighted by Gasteiger charge is 2.41. The van der Waals surface area contributed by atoms with Gasteiger partial charge in [-0.1, -0.05) is 35.3 Å². The quantitative estimate of drug-likeness (QED) is 0.493. The van der Waals surface area contributed by atoms with Crippen molar-refractivity contribution in [3.8, 4) is 5.69 Å². The lowest BCUT2D eigenvalue weighted by molar-refractivity contribution is -0.143. The molecule has 1 aliphatic rings. The molecule has 10 heteroatoms. The van der Waals surface area contributed by atoms with E-state index in [1.165, 1.54) is 24.3 Å². The third-order valence-electron chi connectivity index (χ3n) is 5.83. The Morgan fingerprint density at radius 2 is 1.79 bits per heavy atom. The van der Waals surface area contributed by atoms with Crippen molar-refractivity contribution in [1.82, 2.24) is 15.1 Å². The van der Waals surface area contributed by atoms with E-state index in [9.17, 15) is 18.0 Å². The number of hydrogen-bond acceptors (Lipinski definition) is 3. The Labute approximate surface area is 198 Å². The van der Waals surface area contributed by atoms with Crippen LogP contribution in [0.15, 0.2) is 54.7 Å². The van der Waals surface area contributed by atoms with Gasteiger partial charge in [-0.05, 0) is 54.8 Å². The molecule has 4 rings (SSSR count). The number of hydrogen-bond donors (Lipinski definition) is 1. The molecular formula is C23H20Cl2F3N3O2. The highest BCUT2D eigenvalue weighted by atomic mass is 35.5. The number of ether oxygens (including phenoxy) is 1. The molecule has 1 fully saturated rings. The fraction of sp³-hybridized carbons (Fsp3) is 0.304. The van der Waals surface area contributed by atoms with Gasteiger partial charge in [-0.2, -0.15) is 18.3 Å². The van der Waals surface area contributed by atoms with Gasteiger partial charge in [0.25, 0.3) is 5.91 Å². The van der Waals surface area contributed by atoms with E-state index in [1.807, 2.05) is 18.2 Å². The lowest BCUT2D eigenvalue weighted by Gasteiger charge is -2.38. The number of carbonyl (C=O) groups excluding carboxylic acids is 1. The zero-order valence-electron chi connectivity index (χ0n) is 17.3. The van der Waals surface area contributed by atoms with Gasteiger partial charge in [0.2, 0.25) is 0 Å². The highest BCUT2D eigenvalue weighted by Crippen LogP contribution is 2.37. The second-order valence-electron chi connectivity index (χ2n) is 7.88. The average Bonchev–Trinajstić information content (AvgIpc) is 3.25. The van der Waals surface area contributed by atoms with Crippen LogP contribution in [0.2, 0.25) is 10.0 Å². The minimum atomic E-state index is -4.80. The van der Waals surface area contributed by atoms with Gasteiger partial charge in [0.05, 0.1) is 17.4 Å². The summed E-state index contributed by atoms with van der Waals surface area (Å²) >= 11 is 12.0. The standard InChI is InChI=1S/C23H20Cl2F3N3O2/c24-16-4-6-18(7-5-16)31-20(23(26,27)28)19(13-30-31)21(32)29-14-22(8-10-33-11-9-22)15-2-1-3-17(25)12-15/h1-7,12-13H,8-11,14H2,(H,29,32). The molecule has 0 bridgehead atoms. The SMILES string of the molecule is O=C(NCC1(c2cccc(Cl)c2)CCOCC1)c1cnn(-c2ccc(Cl)cc2)c1C(F)(F)F. The third-order valence-corrected chi connectivity index (χ3v) is 6.31. The van der Waals surface area contributed by atoms with Crippen LogP contribution >= 0.6 is 23.2 Å². The number of benzene rings is 2. The van der Waals surface area contributed by atoms with Crippen LogP contribution in [0.25, 0.3) is 5.69 Å². The van der Waals surface area contributed by atoms with Crippen molar-refractivity contribution in [3.63, 3.8) is 0 Å². The Kier molecular flexibility index (Phi) is 6.70. The number of rotatable bonds is 5. The number of aromatic nitrogens is 2. The van der Waals surface area contributed by atoms with Gasteiger partial charge in [-0.3, -0.25) is 4.79 Å². The van der Waals surface area contributed by atoms with Crippen molar-refractivity contribution in [2.75, 3.05) is 19.8 Å². The number of nitrogens with one attached hydrogen (secondary N) is 1. The van der Waals surface area contributed by atoms with Gasteiger partial charge in [0.1, 0.15) is 0 Å². The second-order valence-corrected chi connectivity index (χ2v) is 8.75. The largest absolute Gasteiger partial charge is 0.434 e. The first-order valence-corrected chi connectivity index (χ1v) is 11.0. The smallest absolute Gasteiger partial charge is 0.381 e. The normalized spacial score (nSPS) is 15.9. The van der Waals surface area contributed by atoms with Crippen LogP contribution in [0.3, 0.4) is 0 Å². The molecular weight excluding hydrogens is 478 g/mol. The summed E-state index contributed by atoms with van der Waals surface area (Å²) in [5, 5.41) is 7.47. The Morgan fingerprint density at radius 3 is 2.42 bits per heavy atom. The monoisotopic (exact) mass is 497 g/mol. The summed E-state index contributed by atoms with van der Waals surface area (Å²) < 4.78 is 48.0. The van der Waals surface area contributed by atoms with Gasteiger partial charge >= 0.3 is 6.18 Å². The van der Waals surface area contributed by atoms with E-state index in [0.29, 0.717) is 40.8 Å². The Morgan fingerprint density at radius 1 is 1.09 bits per heavy atom. The molecule has 0 unspecified atom stereocenters. The van der Waals surface area contributed by atoms with E-state index < -0.39 is 28.8 Å². The Bertz CT molecular complexity index is 1140. The Hall–Kier alpha value is -2.55. The molecule has 174 valence electrons. The molecule has 3 aromatic rings. The summed E-state index contributed by atoms with van der Waals surface area (Å²) in [4.78, 5) is 13.0. The highest BCUT2D eigenvalue weighted by molar-refractivity contribution is 6.30. The van der Waals surface area contributed by atoms with Crippen LogP contribution in [0.1, 0.15) is 34.5 Å². The molecule has 1 saturated heterocycles. The first kappa shape index (κ1) is 23.6. The van der Waals surface area contributed by atoms with Crippen molar-refractivity contribution in [2.45, 2.75) is 24.4 Å². The van der Waals surface area contributed by atoms with E-state index in [1.54, 1.807) is 6.07 Å². The summed E-state index contributed by atoms with van der Waals surface area (Å²) in [7, 11) is 0. The number of carbonyl (C=O) groups is 1. The predicted octanol–water partition coefficient (Wildman–Crippen LogP) is 5.68. The van der Waals surface area contributed by atoms with Crippen molar-refractivity contribution in [1.29, 1.82) is 0 Å². The second kappa shape index (κ2) is 9.37. The van der Waals surface area contributed by atoms with Gasteiger partial charge < -0.3 is 10.1 Å². The molecule has 33 heavy (non-hydrogen) atoms. The van der Waals surface area contributed by atoms with Gasteiger partial charge in [-0.15, -0.1) is 0 Å². The molecule has 0 aliphatic carbocycles. The minimum absolute atomic E-state index is 0.138. The zero-order valence-corrected chi connectivity index (χ0v) is 18.8. The van der Waals surface area contributed by atoms with Gasteiger partial charge in [0.15, 0.2) is 5.69 Å². The van der Waals surface area contributed by atoms with E-state index in [2.05, 4.69) is 10.4 Å². The predicted molar refractivity (Wildman–Crippen MR) is 119 cm³/mol. The molecule has 0 spiro atoms. The van der Waals surface area contributed by atoms with Crippen LogP contribution in [-0.4, -0.2) is 35.4 Å². The van der Waals surface area contributed by atoms with Gasteiger partial charge in [-0.25, -0.2) is 4.68 Å². The fourth-order valence-electron chi connectivity index (χ4n) is 4.06. The van der Waals surface area contributed by atoms with E-state index in [0.717, 1.165) is 11.8 Å². The maximum absolute atomic E-state index is 13.9. The van der Waals surface area contributed by atoms with Gasteiger partial charge in [0, 0.05) is 35.2 Å². The number of halogens is 5. The molecule has 0 atom stereocenters. The average molecular weight is 498 g/mol. The van der Waals surface area contributed by atoms with Crippen molar-refractivity contribution in [2.24, 2.45) is 0 Å². The fourth-order valence-corrected chi connectivity index (χ4v) is 4.37. The summed E-state index contributed by atoms with van der Waals surface area (Å²) in [5.74, 6) is -0.851. The molecule has 0 saturated carbocycles. The lowest BCUT2D eigenvalue weighted by atomic mass is 9.74. The maximum Gasteiger partial charge on any atom is 0.434 e. The summed E-state index contributed by atoms with van der Waals surface area (Å²) in [6, 6.07) is 13.0. The van der Waals surface area contributed by atoms with E-state index in [-0.39, 0.29) is 12.2 Å². The van der Waals surface area contributed by atoms with Crippen molar-refractivity contribution < 1.29 is 22.7 Å². The summed E-state index contributed by atoms with van der Waals surface area (Å²) in [6.45, 7) is 1.09. The number of alkyl halides is 3. The Balaban J connectivity index is 1.63. The van der Waals surface area contributed by atoms with E-state index >= 15 is 0 Å². The molecule has 1 N–H and O–H groups in total. The number of amides is 1. The summed E-state index contributed by atoms with van der Waals surface area (Å²) in [5.41, 5.74) is -1.14. The number of nitrogens with zero attached hydrogens (tertiary/aromatic N) is 2. The van der Waals surface area contributed by atoms with E-state index in [4.69, 9.17) is 27.9 Å². The molecule has 2 aromatic carbocycles. The van der Waals surface area contributed by atoms with Crippen molar-refractivity contribution >= 4 is 29.1 Å². The molecule has 0 radical (unpaired) electrons. The molecule has 1 aliphatic heterocycles. The van der Waals surface area contributed by atoms with Crippen LogP contribution < -0.4 is 5.32 Å². The van der Waals surface area contributed by atoms with Crippen LogP contribution in [-0.2, 0) is 16.3 Å². The zero-order chi connectivity index (χ0) is 23.6. The lowest BCUT2D eigenvalue weighted by Crippen LogP contribution is -2.44.